The van der Waals surface area contributed by atoms with Gasteiger partial charge in [0, 0.05) is 49.3 Å². The lowest BCUT2D eigenvalue weighted by atomic mass is 9.90. The van der Waals surface area contributed by atoms with Gasteiger partial charge < -0.3 is 21.3 Å². The molecule has 1 heterocycles. The van der Waals surface area contributed by atoms with Crippen LogP contribution in [0.15, 0.2) is 84.9 Å². The Bertz CT molecular complexity index is 1230. The summed E-state index contributed by atoms with van der Waals surface area (Å²) in [6, 6.07) is 22.9. The van der Waals surface area contributed by atoms with Crippen molar-refractivity contribution in [1.82, 2.24) is 15.5 Å². The summed E-state index contributed by atoms with van der Waals surface area (Å²) >= 11 is 0. The van der Waals surface area contributed by atoms with E-state index >= 15 is 0 Å². The lowest BCUT2D eigenvalue weighted by Crippen LogP contribution is -2.49. The van der Waals surface area contributed by atoms with E-state index < -0.39 is 23.6 Å². The summed E-state index contributed by atoms with van der Waals surface area (Å²) in [5, 5.41) is 6.20. The Morgan fingerprint density at radius 2 is 1.72 bits per heavy atom. The molecule has 4 rings (SSSR count). The zero-order chi connectivity index (χ0) is 27.6. The quantitative estimate of drug-likeness (QED) is 0.347. The van der Waals surface area contributed by atoms with Gasteiger partial charge in [0.05, 0.1) is 6.04 Å². The van der Waals surface area contributed by atoms with Gasteiger partial charge in [-0.3, -0.25) is 9.59 Å². The van der Waals surface area contributed by atoms with E-state index in [1.54, 1.807) is 0 Å². The first kappa shape index (κ1) is 28.1. The lowest BCUT2D eigenvalue weighted by molar-refractivity contribution is -0.133. The van der Waals surface area contributed by atoms with Crippen molar-refractivity contribution in [2.24, 2.45) is 5.73 Å². The van der Waals surface area contributed by atoms with Crippen LogP contribution in [0.25, 0.3) is 6.08 Å². The van der Waals surface area contributed by atoms with Crippen molar-refractivity contribution in [3.63, 3.8) is 0 Å². The van der Waals surface area contributed by atoms with Crippen molar-refractivity contribution in [3.05, 3.63) is 113 Å². The molecule has 0 spiro atoms. The third kappa shape index (κ3) is 7.81. The highest BCUT2D eigenvalue weighted by Gasteiger charge is 2.32. The maximum absolute atomic E-state index is 13.8. The SMILES string of the molecule is NCCC1NC(CNC(=O)C=Cc2ccc(F)cc2F)CCN(CC(c2ccccc2)c2ccccc2)C1=O. The van der Waals surface area contributed by atoms with Gasteiger partial charge in [-0.05, 0) is 48.7 Å². The van der Waals surface area contributed by atoms with Crippen LogP contribution in [0, 0.1) is 11.6 Å². The van der Waals surface area contributed by atoms with Gasteiger partial charge in [0.15, 0.2) is 0 Å². The molecule has 1 saturated heterocycles. The lowest BCUT2D eigenvalue weighted by Gasteiger charge is -2.29. The summed E-state index contributed by atoms with van der Waals surface area (Å²) in [5.41, 5.74) is 8.23. The molecular formula is C31H34F2N4O2. The average molecular weight is 533 g/mol. The van der Waals surface area contributed by atoms with Crippen LogP contribution in [0.2, 0.25) is 0 Å². The summed E-state index contributed by atoms with van der Waals surface area (Å²) in [5.74, 6) is -1.81. The molecule has 2 atom stereocenters. The van der Waals surface area contributed by atoms with Crippen LogP contribution in [-0.4, -0.2) is 55.0 Å². The van der Waals surface area contributed by atoms with Crippen LogP contribution in [-0.2, 0) is 9.59 Å². The number of hydrogen-bond donors (Lipinski definition) is 3. The zero-order valence-corrected chi connectivity index (χ0v) is 21.7. The Labute approximate surface area is 227 Å². The first-order valence-corrected chi connectivity index (χ1v) is 13.2. The van der Waals surface area contributed by atoms with Crippen molar-refractivity contribution in [2.75, 3.05) is 26.2 Å². The van der Waals surface area contributed by atoms with Crippen LogP contribution >= 0.6 is 0 Å². The highest BCUT2D eigenvalue weighted by atomic mass is 19.1. The van der Waals surface area contributed by atoms with Crippen molar-refractivity contribution >= 4 is 17.9 Å². The van der Waals surface area contributed by atoms with Gasteiger partial charge >= 0.3 is 0 Å². The van der Waals surface area contributed by atoms with Crippen molar-refractivity contribution in [2.45, 2.75) is 30.8 Å². The molecule has 1 fully saturated rings. The van der Waals surface area contributed by atoms with Crippen molar-refractivity contribution < 1.29 is 18.4 Å². The van der Waals surface area contributed by atoms with Crippen molar-refractivity contribution in [1.29, 1.82) is 0 Å². The monoisotopic (exact) mass is 532 g/mol. The molecule has 6 nitrogen and oxygen atoms in total. The van der Waals surface area contributed by atoms with Gasteiger partial charge in [-0.15, -0.1) is 0 Å². The predicted molar refractivity (Wildman–Crippen MR) is 149 cm³/mol. The van der Waals surface area contributed by atoms with Gasteiger partial charge in [-0.25, -0.2) is 8.78 Å². The molecule has 4 N–H and O–H groups in total. The van der Waals surface area contributed by atoms with Crippen molar-refractivity contribution in [3.8, 4) is 0 Å². The van der Waals surface area contributed by atoms with Gasteiger partial charge in [-0.2, -0.15) is 0 Å². The molecule has 1 aliphatic heterocycles. The number of carbonyl (C=O) groups is 2. The fraction of sp³-hybridized carbons (Fsp3) is 0.290. The summed E-state index contributed by atoms with van der Waals surface area (Å²) in [7, 11) is 0. The first-order chi connectivity index (χ1) is 18.9. The molecule has 3 aromatic rings. The molecule has 204 valence electrons. The first-order valence-electron chi connectivity index (χ1n) is 13.2. The molecule has 0 aromatic heterocycles. The Hall–Kier alpha value is -3.88. The van der Waals surface area contributed by atoms with Crippen LogP contribution in [0.4, 0.5) is 8.78 Å². The molecule has 2 amide bonds. The normalized spacial score (nSPS) is 17.9. The number of halogens is 2. The maximum atomic E-state index is 13.8. The number of benzene rings is 3. The van der Waals surface area contributed by atoms with E-state index in [2.05, 4.69) is 34.9 Å². The zero-order valence-electron chi connectivity index (χ0n) is 21.7. The summed E-state index contributed by atoms with van der Waals surface area (Å²) in [6.45, 7) is 1.70. The largest absolute Gasteiger partial charge is 0.351 e. The number of nitrogens with two attached hydrogens (primary N) is 1. The van der Waals surface area contributed by atoms with E-state index in [0.717, 1.165) is 23.3 Å². The summed E-state index contributed by atoms with van der Waals surface area (Å²) < 4.78 is 26.9. The molecule has 0 aliphatic carbocycles. The molecule has 8 heteroatoms. The van der Waals surface area contributed by atoms with Gasteiger partial charge in [0.2, 0.25) is 11.8 Å². The van der Waals surface area contributed by atoms with E-state index in [0.29, 0.717) is 32.5 Å². The Morgan fingerprint density at radius 1 is 1.05 bits per heavy atom. The summed E-state index contributed by atoms with van der Waals surface area (Å²) in [4.78, 5) is 27.9. The third-order valence-corrected chi connectivity index (χ3v) is 6.96. The predicted octanol–water partition coefficient (Wildman–Crippen LogP) is 3.83. The molecule has 0 radical (unpaired) electrons. The number of hydrogen-bond acceptors (Lipinski definition) is 4. The highest BCUT2D eigenvalue weighted by molar-refractivity contribution is 5.91. The number of carbonyl (C=O) groups excluding carboxylic acids is 2. The molecule has 39 heavy (non-hydrogen) atoms. The molecule has 0 saturated carbocycles. The van der Waals surface area contributed by atoms with Crippen LogP contribution in [0.5, 0.6) is 0 Å². The van der Waals surface area contributed by atoms with Gasteiger partial charge in [0.1, 0.15) is 11.6 Å². The Morgan fingerprint density at radius 3 is 2.33 bits per heavy atom. The fourth-order valence-electron chi connectivity index (χ4n) is 4.88. The second-order valence-electron chi connectivity index (χ2n) is 9.68. The van der Waals surface area contributed by atoms with E-state index in [9.17, 15) is 18.4 Å². The number of nitrogens with zero attached hydrogens (tertiary/aromatic N) is 1. The average Bonchev–Trinajstić information content (AvgIpc) is 3.09. The fourth-order valence-corrected chi connectivity index (χ4v) is 4.88. The molecule has 3 aromatic carbocycles. The molecular weight excluding hydrogens is 498 g/mol. The van der Waals surface area contributed by atoms with E-state index in [-0.39, 0.29) is 30.0 Å². The second-order valence-corrected chi connectivity index (χ2v) is 9.68. The van der Waals surface area contributed by atoms with Gasteiger partial charge in [0.25, 0.3) is 0 Å². The standard InChI is InChI=1S/C31H34F2N4O2/c32-25-13-11-24(28(33)19-25)12-14-30(38)35-20-26-16-18-37(31(39)29(36-26)15-17-34)21-27(22-7-3-1-4-8-22)23-9-5-2-6-10-23/h1-14,19,26-27,29,36H,15-18,20-21,34H2,(H,35,38). The second kappa shape index (κ2) is 13.8. The molecule has 0 bridgehead atoms. The summed E-state index contributed by atoms with van der Waals surface area (Å²) in [6.07, 6.45) is 3.64. The number of nitrogens with one attached hydrogen (secondary N) is 2. The minimum atomic E-state index is -0.739. The van der Waals surface area contributed by atoms with E-state index in [1.165, 1.54) is 18.2 Å². The molecule has 2 unspecified atom stereocenters. The van der Waals surface area contributed by atoms with Crippen LogP contribution in [0.3, 0.4) is 0 Å². The number of amides is 2. The topological polar surface area (TPSA) is 87.5 Å². The Kier molecular flexibility index (Phi) is 9.94. The van der Waals surface area contributed by atoms with E-state index in [4.69, 9.17) is 5.73 Å². The Balaban J connectivity index is 1.43. The number of rotatable bonds is 10. The maximum Gasteiger partial charge on any atom is 0.244 e. The molecule has 1 aliphatic rings. The third-order valence-electron chi connectivity index (χ3n) is 6.96. The van der Waals surface area contributed by atoms with E-state index in [1.807, 2.05) is 41.3 Å². The highest BCUT2D eigenvalue weighted by Crippen LogP contribution is 2.27. The smallest absolute Gasteiger partial charge is 0.244 e. The van der Waals surface area contributed by atoms with Crippen LogP contribution < -0.4 is 16.4 Å². The minimum Gasteiger partial charge on any atom is -0.351 e. The minimum absolute atomic E-state index is 0.00202. The van der Waals surface area contributed by atoms with Gasteiger partial charge in [-0.1, -0.05) is 60.7 Å². The van der Waals surface area contributed by atoms with Crippen LogP contribution in [0.1, 0.15) is 35.4 Å².